The average Bonchev–Trinajstić information content (AvgIpc) is 3.39. The summed E-state index contributed by atoms with van der Waals surface area (Å²) in [6.45, 7) is 11.7. The molecular weight excluding hydrogens is 548 g/mol. The molecule has 2 aliphatic rings. The van der Waals surface area contributed by atoms with Crippen LogP contribution in [0, 0.1) is 23.7 Å². The van der Waals surface area contributed by atoms with Crippen LogP contribution in [-0.4, -0.2) is 55.2 Å². The quantitative estimate of drug-likeness (QED) is 0.210. The molecule has 1 amide bonds. The van der Waals surface area contributed by atoms with Crippen LogP contribution in [-0.2, 0) is 19.1 Å². The lowest BCUT2D eigenvalue weighted by Gasteiger charge is -2.40. The Labute approximate surface area is 255 Å². The first-order valence-electron chi connectivity index (χ1n) is 15.6. The molecule has 1 aliphatic heterocycles. The van der Waals surface area contributed by atoms with Crippen molar-refractivity contribution in [3.63, 3.8) is 0 Å². The van der Waals surface area contributed by atoms with Gasteiger partial charge in [-0.25, -0.2) is 4.79 Å². The zero-order valence-corrected chi connectivity index (χ0v) is 27.0. The van der Waals surface area contributed by atoms with Crippen LogP contribution in [0.25, 0.3) is 10.4 Å². The standard InChI is InChI=1S/C34H48N2O5S/c1-22(2)20-30(37)40-34(23(3)4)41-33(39)31-28(21-29(42-31)25-10-8-7-9-11-25)36(27-16-18-35(6)19-17-27)32(38)26-14-12-24(5)13-15-26/h7-11,21-24,26-27,34H,12-20H2,1-6H3. The zero-order chi connectivity index (χ0) is 30.4. The summed E-state index contributed by atoms with van der Waals surface area (Å²) in [6.07, 6.45) is 4.77. The number of hydrogen-bond donors (Lipinski definition) is 0. The lowest BCUT2D eigenvalue weighted by Crippen LogP contribution is -2.49. The molecule has 1 aromatic carbocycles. The van der Waals surface area contributed by atoms with Gasteiger partial charge < -0.3 is 19.3 Å². The molecule has 42 heavy (non-hydrogen) atoms. The Morgan fingerprint density at radius 1 is 0.952 bits per heavy atom. The maximum Gasteiger partial charge on any atom is 0.353 e. The molecule has 230 valence electrons. The fraction of sp³-hybridized carbons (Fsp3) is 0.618. The smallest absolute Gasteiger partial charge is 0.353 e. The lowest BCUT2D eigenvalue weighted by molar-refractivity contribution is -0.176. The van der Waals surface area contributed by atoms with Crippen LogP contribution >= 0.6 is 11.3 Å². The van der Waals surface area contributed by atoms with Crippen molar-refractivity contribution in [2.24, 2.45) is 23.7 Å². The van der Waals surface area contributed by atoms with E-state index in [1.165, 1.54) is 11.3 Å². The molecule has 4 rings (SSSR count). The monoisotopic (exact) mass is 596 g/mol. The van der Waals surface area contributed by atoms with E-state index in [2.05, 4.69) is 18.9 Å². The number of carbonyl (C=O) groups is 3. The van der Waals surface area contributed by atoms with Crippen LogP contribution in [0.3, 0.4) is 0 Å². The van der Waals surface area contributed by atoms with Gasteiger partial charge in [0.2, 0.25) is 12.2 Å². The molecule has 2 heterocycles. The fourth-order valence-corrected chi connectivity index (χ4v) is 6.91. The van der Waals surface area contributed by atoms with Gasteiger partial charge in [0.1, 0.15) is 4.88 Å². The summed E-state index contributed by atoms with van der Waals surface area (Å²) in [4.78, 5) is 46.4. The first-order chi connectivity index (χ1) is 20.0. The SMILES string of the molecule is CC(C)CC(=O)OC(OC(=O)c1sc(-c2ccccc2)cc1N(C(=O)C1CCC(C)CC1)C1CCN(C)CC1)C(C)C. The highest BCUT2D eigenvalue weighted by Gasteiger charge is 2.38. The highest BCUT2D eigenvalue weighted by molar-refractivity contribution is 7.18. The Hall–Kier alpha value is -2.71. The van der Waals surface area contributed by atoms with E-state index in [-0.39, 0.29) is 42.1 Å². The fourth-order valence-electron chi connectivity index (χ4n) is 5.87. The van der Waals surface area contributed by atoms with Crippen LogP contribution in [0.5, 0.6) is 0 Å². The molecule has 7 nitrogen and oxygen atoms in total. The molecule has 1 aliphatic carbocycles. The minimum atomic E-state index is -1.01. The minimum Gasteiger partial charge on any atom is -0.425 e. The molecule has 8 heteroatoms. The number of ether oxygens (including phenoxy) is 2. The average molecular weight is 597 g/mol. The molecule has 0 radical (unpaired) electrons. The van der Waals surface area contributed by atoms with Crippen molar-refractivity contribution in [1.29, 1.82) is 0 Å². The Kier molecular flexibility index (Phi) is 11.2. The maximum atomic E-state index is 14.4. The van der Waals surface area contributed by atoms with Crippen molar-refractivity contribution < 1.29 is 23.9 Å². The molecule has 1 aromatic heterocycles. The summed E-state index contributed by atoms with van der Waals surface area (Å²) in [5.74, 6) is -0.336. The Morgan fingerprint density at radius 3 is 2.19 bits per heavy atom. The highest BCUT2D eigenvalue weighted by atomic mass is 32.1. The van der Waals surface area contributed by atoms with Gasteiger partial charge in [0.25, 0.3) is 0 Å². The number of carbonyl (C=O) groups excluding carboxylic acids is 3. The van der Waals surface area contributed by atoms with E-state index < -0.39 is 12.3 Å². The number of rotatable bonds is 10. The molecule has 2 aromatic rings. The van der Waals surface area contributed by atoms with E-state index in [0.29, 0.717) is 16.5 Å². The van der Waals surface area contributed by atoms with Crippen LogP contribution in [0.2, 0.25) is 0 Å². The van der Waals surface area contributed by atoms with Crippen molar-refractivity contribution in [2.75, 3.05) is 25.0 Å². The van der Waals surface area contributed by atoms with E-state index in [1.807, 2.05) is 69.0 Å². The van der Waals surface area contributed by atoms with E-state index in [4.69, 9.17) is 9.47 Å². The first kappa shape index (κ1) is 32.2. The van der Waals surface area contributed by atoms with Gasteiger partial charge in [-0.1, -0.05) is 65.0 Å². The summed E-state index contributed by atoms with van der Waals surface area (Å²) in [5, 5.41) is 0. The lowest BCUT2D eigenvalue weighted by atomic mass is 9.82. The molecule has 0 N–H and O–H groups in total. The number of thiophene rings is 1. The third kappa shape index (κ3) is 8.22. The Bertz CT molecular complexity index is 1190. The Balaban J connectivity index is 1.72. The summed E-state index contributed by atoms with van der Waals surface area (Å²) in [5.41, 5.74) is 1.60. The summed E-state index contributed by atoms with van der Waals surface area (Å²) >= 11 is 1.34. The summed E-state index contributed by atoms with van der Waals surface area (Å²) in [7, 11) is 2.11. The predicted octanol–water partition coefficient (Wildman–Crippen LogP) is 7.40. The number of piperidine rings is 1. The van der Waals surface area contributed by atoms with E-state index in [0.717, 1.165) is 62.1 Å². The van der Waals surface area contributed by atoms with Gasteiger partial charge in [0.15, 0.2) is 0 Å². The Morgan fingerprint density at radius 2 is 1.60 bits per heavy atom. The van der Waals surface area contributed by atoms with E-state index >= 15 is 0 Å². The van der Waals surface area contributed by atoms with Gasteiger partial charge in [-0.15, -0.1) is 11.3 Å². The third-order valence-electron chi connectivity index (χ3n) is 8.46. The molecule has 1 unspecified atom stereocenters. The summed E-state index contributed by atoms with van der Waals surface area (Å²) < 4.78 is 11.5. The van der Waals surface area contributed by atoms with E-state index in [9.17, 15) is 14.4 Å². The molecular formula is C34H48N2O5S. The summed E-state index contributed by atoms with van der Waals surface area (Å²) in [6, 6.07) is 11.9. The molecule has 0 spiro atoms. The second-order valence-corrected chi connectivity index (χ2v) is 14.0. The van der Waals surface area contributed by atoms with E-state index in [1.54, 1.807) is 0 Å². The van der Waals surface area contributed by atoms with Crippen LogP contribution < -0.4 is 4.90 Å². The van der Waals surface area contributed by atoms with Crippen molar-refractivity contribution >= 4 is 34.9 Å². The normalized spacial score (nSPS) is 20.9. The molecule has 1 atom stereocenters. The largest absolute Gasteiger partial charge is 0.425 e. The highest BCUT2D eigenvalue weighted by Crippen LogP contribution is 2.41. The first-order valence-corrected chi connectivity index (χ1v) is 16.5. The second kappa shape index (κ2) is 14.6. The number of nitrogens with zero attached hydrogens (tertiary/aromatic N) is 2. The molecule has 1 saturated carbocycles. The van der Waals surface area contributed by atoms with Gasteiger partial charge in [0, 0.05) is 29.2 Å². The zero-order valence-electron chi connectivity index (χ0n) is 26.1. The van der Waals surface area contributed by atoms with Gasteiger partial charge in [-0.2, -0.15) is 0 Å². The van der Waals surface area contributed by atoms with Gasteiger partial charge in [-0.05, 0) is 82.1 Å². The van der Waals surface area contributed by atoms with Gasteiger partial charge >= 0.3 is 11.9 Å². The second-order valence-electron chi connectivity index (χ2n) is 13.0. The topological polar surface area (TPSA) is 76.1 Å². The number of likely N-dealkylation sites (tertiary alicyclic amines) is 1. The molecule has 1 saturated heterocycles. The van der Waals surface area contributed by atoms with Crippen LogP contribution in [0.4, 0.5) is 5.69 Å². The van der Waals surface area contributed by atoms with Gasteiger partial charge in [0.05, 0.1) is 5.69 Å². The number of benzene rings is 1. The molecule has 2 fully saturated rings. The van der Waals surface area contributed by atoms with Crippen molar-refractivity contribution in [1.82, 2.24) is 4.90 Å². The van der Waals surface area contributed by atoms with Crippen LogP contribution in [0.1, 0.15) is 89.2 Å². The van der Waals surface area contributed by atoms with Crippen LogP contribution in [0.15, 0.2) is 36.4 Å². The maximum absolute atomic E-state index is 14.4. The van der Waals surface area contributed by atoms with Crippen molar-refractivity contribution in [2.45, 2.75) is 91.9 Å². The van der Waals surface area contributed by atoms with Crippen molar-refractivity contribution in [3.8, 4) is 10.4 Å². The molecule has 0 bridgehead atoms. The minimum absolute atomic E-state index is 0.00240. The number of amides is 1. The number of esters is 2. The van der Waals surface area contributed by atoms with Crippen molar-refractivity contribution in [3.05, 3.63) is 41.3 Å². The van der Waals surface area contributed by atoms with Gasteiger partial charge in [-0.3, -0.25) is 9.59 Å². The number of hydrogen-bond acceptors (Lipinski definition) is 7. The number of anilines is 1. The third-order valence-corrected chi connectivity index (χ3v) is 9.61. The predicted molar refractivity (Wildman–Crippen MR) is 168 cm³/mol.